The monoisotopic (exact) mass is 586 g/mol. The SMILES string of the molecule is CCC(CC)(c1ccc(OCCCCCCO)c(C)c1)c1ccc(OCC(O)C(C)(C)C)c(OCC(O)C(C)(C)C)c1. The van der Waals surface area contributed by atoms with Gasteiger partial charge in [-0.15, -0.1) is 0 Å². The lowest BCUT2D eigenvalue weighted by atomic mass is 9.70. The highest BCUT2D eigenvalue weighted by atomic mass is 16.5. The van der Waals surface area contributed by atoms with Crippen molar-refractivity contribution < 1.29 is 29.5 Å². The zero-order chi connectivity index (χ0) is 31.6. The van der Waals surface area contributed by atoms with Crippen LogP contribution >= 0.6 is 0 Å². The molecule has 0 heterocycles. The lowest BCUT2D eigenvalue weighted by Gasteiger charge is -2.34. The summed E-state index contributed by atoms with van der Waals surface area (Å²) in [7, 11) is 0. The van der Waals surface area contributed by atoms with E-state index in [2.05, 4.69) is 45.0 Å². The Balaban J connectivity index is 2.39. The van der Waals surface area contributed by atoms with Crippen molar-refractivity contribution in [2.75, 3.05) is 26.4 Å². The number of ether oxygens (including phenoxy) is 3. The number of unbranched alkanes of at least 4 members (excludes halogenated alkanes) is 3. The number of hydrogen-bond acceptors (Lipinski definition) is 6. The van der Waals surface area contributed by atoms with Crippen molar-refractivity contribution in [2.24, 2.45) is 10.8 Å². The van der Waals surface area contributed by atoms with E-state index in [4.69, 9.17) is 19.3 Å². The predicted molar refractivity (Wildman–Crippen MR) is 172 cm³/mol. The van der Waals surface area contributed by atoms with Gasteiger partial charge in [-0.1, -0.05) is 80.0 Å². The molecule has 0 aliphatic heterocycles. The van der Waals surface area contributed by atoms with Crippen LogP contribution in [-0.2, 0) is 5.41 Å². The summed E-state index contributed by atoms with van der Waals surface area (Å²) in [6.07, 6.45) is 4.39. The first-order valence-corrected chi connectivity index (χ1v) is 15.8. The summed E-state index contributed by atoms with van der Waals surface area (Å²) in [5, 5.41) is 30.3. The zero-order valence-electron chi connectivity index (χ0n) is 27.8. The molecule has 0 saturated heterocycles. The maximum atomic E-state index is 10.7. The van der Waals surface area contributed by atoms with Gasteiger partial charge < -0.3 is 29.5 Å². The average Bonchev–Trinajstić information content (AvgIpc) is 2.93. The molecule has 0 fully saturated rings. The van der Waals surface area contributed by atoms with Crippen LogP contribution in [0.4, 0.5) is 0 Å². The first kappa shape index (κ1) is 35.9. The molecular weight excluding hydrogens is 528 g/mol. The molecule has 2 aromatic carbocycles. The minimum absolute atomic E-state index is 0.140. The van der Waals surface area contributed by atoms with Gasteiger partial charge in [0, 0.05) is 12.0 Å². The average molecular weight is 587 g/mol. The third kappa shape index (κ3) is 9.89. The summed E-state index contributed by atoms with van der Waals surface area (Å²) in [5.41, 5.74) is 2.56. The number of hydrogen-bond donors (Lipinski definition) is 3. The second-order valence-corrected chi connectivity index (χ2v) is 13.8. The van der Waals surface area contributed by atoms with Crippen molar-refractivity contribution in [3.8, 4) is 17.2 Å². The summed E-state index contributed by atoms with van der Waals surface area (Å²) >= 11 is 0. The van der Waals surface area contributed by atoms with E-state index in [1.54, 1.807) is 0 Å². The van der Waals surface area contributed by atoms with Crippen LogP contribution in [0, 0.1) is 17.8 Å². The minimum atomic E-state index is -0.652. The maximum absolute atomic E-state index is 10.7. The molecule has 2 rings (SSSR count). The van der Waals surface area contributed by atoms with Crippen molar-refractivity contribution in [2.45, 2.75) is 118 Å². The predicted octanol–water partition coefficient (Wildman–Crippen LogP) is 7.60. The van der Waals surface area contributed by atoms with Crippen molar-refractivity contribution in [1.29, 1.82) is 0 Å². The Morgan fingerprint density at radius 2 is 1.14 bits per heavy atom. The van der Waals surface area contributed by atoms with E-state index in [9.17, 15) is 10.2 Å². The van der Waals surface area contributed by atoms with Crippen LogP contribution in [0.15, 0.2) is 36.4 Å². The molecule has 3 N–H and O–H groups in total. The van der Waals surface area contributed by atoms with Crippen molar-refractivity contribution in [1.82, 2.24) is 0 Å². The van der Waals surface area contributed by atoms with E-state index in [0.29, 0.717) is 18.1 Å². The van der Waals surface area contributed by atoms with Crippen molar-refractivity contribution in [3.63, 3.8) is 0 Å². The summed E-state index contributed by atoms with van der Waals surface area (Å²) in [4.78, 5) is 0. The molecule has 6 nitrogen and oxygen atoms in total. The van der Waals surface area contributed by atoms with E-state index in [1.807, 2.05) is 53.7 Å². The molecule has 0 aromatic heterocycles. The van der Waals surface area contributed by atoms with Crippen LogP contribution in [0.5, 0.6) is 17.2 Å². The number of aliphatic hydroxyl groups is 3. The third-order valence-electron chi connectivity index (χ3n) is 8.53. The third-order valence-corrected chi connectivity index (χ3v) is 8.53. The highest BCUT2D eigenvalue weighted by molar-refractivity contribution is 5.50. The first-order valence-electron chi connectivity index (χ1n) is 15.8. The molecule has 2 unspecified atom stereocenters. The fourth-order valence-electron chi connectivity index (χ4n) is 4.97. The normalized spacial score (nSPS) is 14.0. The highest BCUT2D eigenvalue weighted by Gasteiger charge is 2.33. The molecule has 0 aliphatic rings. The van der Waals surface area contributed by atoms with Gasteiger partial charge in [-0.3, -0.25) is 0 Å². The van der Waals surface area contributed by atoms with Gasteiger partial charge in [0.05, 0.1) is 18.8 Å². The Kier molecular flexibility index (Phi) is 13.7. The van der Waals surface area contributed by atoms with Gasteiger partial charge in [-0.25, -0.2) is 0 Å². The molecule has 0 saturated carbocycles. The summed E-state index contributed by atoms with van der Waals surface area (Å²) in [6, 6.07) is 12.6. The van der Waals surface area contributed by atoms with Gasteiger partial charge in [-0.2, -0.15) is 0 Å². The smallest absolute Gasteiger partial charge is 0.161 e. The Morgan fingerprint density at radius 3 is 1.64 bits per heavy atom. The van der Waals surface area contributed by atoms with Gasteiger partial charge in [-0.05, 0) is 84.7 Å². The van der Waals surface area contributed by atoms with Gasteiger partial charge >= 0.3 is 0 Å². The molecule has 0 radical (unpaired) electrons. The molecule has 42 heavy (non-hydrogen) atoms. The molecule has 0 spiro atoms. The van der Waals surface area contributed by atoms with Crippen LogP contribution in [0.3, 0.4) is 0 Å². The zero-order valence-corrected chi connectivity index (χ0v) is 27.8. The fraction of sp³-hybridized carbons (Fsp3) is 0.667. The maximum Gasteiger partial charge on any atom is 0.161 e. The summed E-state index contributed by atoms with van der Waals surface area (Å²) in [6.45, 7) is 19.6. The van der Waals surface area contributed by atoms with Crippen LogP contribution < -0.4 is 14.2 Å². The molecular formula is C36H58O6. The molecule has 6 heteroatoms. The Bertz CT molecular complexity index is 1080. The van der Waals surface area contributed by atoms with Crippen LogP contribution in [0.2, 0.25) is 0 Å². The minimum Gasteiger partial charge on any atom is -0.493 e. The second kappa shape index (κ2) is 16.0. The van der Waals surface area contributed by atoms with E-state index in [-0.39, 0.29) is 36.1 Å². The molecule has 238 valence electrons. The molecule has 0 aliphatic carbocycles. The van der Waals surface area contributed by atoms with E-state index in [1.165, 1.54) is 5.56 Å². The van der Waals surface area contributed by atoms with Crippen LogP contribution in [-0.4, -0.2) is 54.0 Å². The summed E-state index contributed by atoms with van der Waals surface area (Å²) in [5.74, 6) is 2.03. The largest absolute Gasteiger partial charge is 0.493 e. The Labute approximate surface area is 255 Å². The Hall–Kier alpha value is -2.28. The second-order valence-electron chi connectivity index (χ2n) is 13.8. The highest BCUT2D eigenvalue weighted by Crippen LogP contribution is 2.43. The van der Waals surface area contributed by atoms with Crippen molar-refractivity contribution in [3.05, 3.63) is 53.1 Å². The van der Waals surface area contributed by atoms with Crippen molar-refractivity contribution >= 4 is 0 Å². The lowest BCUT2D eigenvalue weighted by Crippen LogP contribution is -2.33. The van der Waals surface area contributed by atoms with Gasteiger partial charge in [0.15, 0.2) is 11.5 Å². The van der Waals surface area contributed by atoms with Gasteiger partial charge in [0.25, 0.3) is 0 Å². The van der Waals surface area contributed by atoms with E-state index >= 15 is 0 Å². The Morgan fingerprint density at radius 1 is 0.643 bits per heavy atom. The molecule has 2 aromatic rings. The quantitative estimate of drug-likeness (QED) is 0.165. The number of rotatable bonds is 17. The molecule has 0 bridgehead atoms. The van der Waals surface area contributed by atoms with E-state index < -0.39 is 12.2 Å². The number of benzene rings is 2. The molecule has 0 amide bonds. The topological polar surface area (TPSA) is 88.4 Å². The number of aryl methyl sites for hydroxylation is 1. The van der Waals surface area contributed by atoms with Gasteiger partial charge in [0.2, 0.25) is 0 Å². The fourth-order valence-corrected chi connectivity index (χ4v) is 4.97. The first-order chi connectivity index (χ1) is 19.7. The number of aliphatic hydroxyl groups excluding tert-OH is 3. The molecule has 2 atom stereocenters. The van der Waals surface area contributed by atoms with Gasteiger partial charge in [0.1, 0.15) is 19.0 Å². The summed E-state index contributed by atoms with van der Waals surface area (Å²) < 4.78 is 18.4. The lowest BCUT2D eigenvalue weighted by molar-refractivity contribution is 0.0136. The van der Waals surface area contributed by atoms with E-state index in [0.717, 1.165) is 55.4 Å². The van der Waals surface area contributed by atoms with Crippen LogP contribution in [0.25, 0.3) is 0 Å². The van der Waals surface area contributed by atoms with Crippen LogP contribution in [0.1, 0.15) is 111 Å². The standard InChI is InChI=1S/C36H58O6/c1-10-36(11-2,27-16-18-29(26(3)22-27)40-21-15-13-12-14-20-37)28-17-19-30(41-24-32(38)34(4,5)6)31(23-28)42-25-33(39)35(7,8)9/h16-19,22-23,32-33,37-39H,10-15,20-21,24-25H2,1-9H3.